The summed E-state index contributed by atoms with van der Waals surface area (Å²) < 4.78 is 1.13. The molecule has 80 valence electrons. The lowest BCUT2D eigenvalue weighted by Crippen LogP contribution is -1.87. The van der Waals surface area contributed by atoms with Gasteiger partial charge in [-0.25, -0.2) is 0 Å². The fraction of sp³-hybridized carbons (Fsp3) is 0.0667. The minimum Gasteiger partial charge on any atom is -0.0985 e. The minimum absolute atomic E-state index is 0.969. The summed E-state index contributed by atoms with van der Waals surface area (Å²) in [6.45, 7) is 3.75. The lowest BCUT2D eigenvalue weighted by atomic mass is 10.0. The van der Waals surface area contributed by atoms with E-state index in [1.165, 1.54) is 11.1 Å². The third-order valence-electron chi connectivity index (χ3n) is 2.51. The van der Waals surface area contributed by atoms with Crippen molar-refractivity contribution < 1.29 is 0 Å². The van der Waals surface area contributed by atoms with Crippen molar-refractivity contribution in [1.82, 2.24) is 0 Å². The quantitative estimate of drug-likeness (QED) is 0.761. The number of benzene rings is 2. The Kier molecular flexibility index (Phi) is 3.58. The zero-order chi connectivity index (χ0) is 11.4. The predicted octanol–water partition coefficient (Wildman–Crippen LogP) is 4.68. The van der Waals surface area contributed by atoms with Gasteiger partial charge >= 0.3 is 0 Å². The van der Waals surface area contributed by atoms with Crippen LogP contribution in [-0.4, -0.2) is 0 Å². The summed E-state index contributed by atoms with van der Waals surface area (Å²) in [5.74, 6) is 0. The average Bonchev–Trinajstić information content (AvgIpc) is 2.30. The van der Waals surface area contributed by atoms with Gasteiger partial charge in [0.15, 0.2) is 0 Å². The Hall–Kier alpha value is -1.34. The molecule has 0 amide bonds. The maximum atomic E-state index is 3.75. The van der Waals surface area contributed by atoms with Crippen LogP contribution < -0.4 is 0 Å². The molecule has 16 heavy (non-hydrogen) atoms. The van der Waals surface area contributed by atoms with Crippen LogP contribution in [-0.2, 0) is 6.42 Å². The van der Waals surface area contributed by atoms with Crippen LogP contribution in [0.3, 0.4) is 0 Å². The van der Waals surface area contributed by atoms with Crippen molar-refractivity contribution >= 4 is 22.0 Å². The molecule has 0 spiro atoms. The van der Waals surface area contributed by atoms with E-state index >= 15 is 0 Å². The van der Waals surface area contributed by atoms with E-state index in [4.69, 9.17) is 0 Å². The van der Waals surface area contributed by atoms with Crippen molar-refractivity contribution in [2.45, 2.75) is 6.42 Å². The SMILES string of the molecule is C=Cc1ccc(Cc2cccc(Br)c2)cc1. The second kappa shape index (κ2) is 5.13. The first kappa shape index (κ1) is 11.2. The topological polar surface area (TPSA) is 0 Å². The lowest BCUT2D eigenvalue weighted by Gasteiger charge is -2.03. The largest absolute Gasteiger partial charge is 0.0985 e. The van der Waals surface area contributed by atoms with Crippen LogP contribution in [0.25, 0.3) is 6.08 Å². The highest BCUT2D eigenvalue weighted by Crippen LogP contribution is 2.15. The molecular formula is C15H13Br. The molecule has 2 rings (SSSR count). The maximum Gasteiger partial charge on any atom is 0.0178 e. The van der Waals surface area contributed by atoms with Crippen molar-refractivity contribution in [3.8, 4) is 0 Å². The van der Waals surface area contributed by atoms with E-state index in [1.54, 1.807) is 0 Å². The smallest absolute Gasteiger partial charge is 0.0178 e. The van der Waals surface area contributed by atoms with Gasteiger partial charge in [-0.1, -0.05) is 65.0 Å². The third-order valence-corrected chi connectivity index (χ3v) is 3.01. The normalized spacial score (nSPS) is 10.1. The van der Waals surface area contributed by atoms with Crippen LogP contribution in [0.4, 0.5) is 0 Å². The average molecular weight is 273 g/mol. The Balaban J connectivity index is 2.17. The zero-order valence-corrected chi connectivity index (χ0v) is 10.6. The maximum absolute atomic E-state index is 3.75. The fourth-order valence-electron chi connectivity index (χ4n) is 1.65. The first-order valence-electron chi connectivity index (χ1n) is 5.24. The van der Waals surface area contributed by atoms with E-state index in [0.29, 0.717) is 0 Å². The van der Waals surface area contributed by atoms with Crippen molar-refractivity contribution in [3.63, 3.8) is 0 Å². The Bertz CT molecular complexity index is 483. The highest BCUT2D eigenvalue weighted by molar-refractivity contribution is 9.10. The highest BCUT2D eigenvalue weighted by Gasteiger charge is 1.97. The van der Waals surface area contributed by atoms with E-state index in [2.05, 4.69) is 65.0 Å². The van der Waals surface area contributed by atoms with Crippen LogP contribution in [0.5, 0.6) is 0 Å². The van der Waals surface area contributed by atoms with Gasteiger partial charge in [0.05, 0.1) is 0 Å². The van der Waals surface area contributed by atoms with E-state index < -0.39 is 0 Å². The molecule has 0 aliphatic heterocycles. The minimum atomic E-state index is 0.969. The van der Waals surface area contributed by atoms with Crippen molar-refractivity contribution in [2.75, 3.05) is 0 Å². The molecule has 0 aromatic heterocycles. The summed E-state index contributed by atoms with van der Waals surface area (Å²) >= 11 is 3.49. The number of hydrogen-bond acceptors (Lipinski definition) is 0. The van der Waals surface area contributed by atoms with Gasteiger partial charge in [-0.05, 0) is 35.2 Å². The van der Waals surface area contributed by atoms with Gasteiger partial charge in [-0.15, -0.1) is 0 Å². The lowest BCUT2D eigenvalue weighted by molar-refractivity contribution is 1.19. The molecule has 0 bridgehead atoms. The molecule has 0 atom stereocenters. The summed E-state index contributed by atoms with van der Waals surface area (Å²) in [7, 11) is 0. The fourth-order valence-corrected chi connectivity index (χ4v) is 2.10. The van der Waals surface area contributed by atoms with Crippen LogP contribution >= 0.6 is 15.9 Å². The first-order chi connectivity index (χ1) is 7.78. The molecule has 0 fully saturated rings. The molecule has 0 aliphatic carbocycles. The Labute approximate surface area is 105 Å². The first-order valence-corrected chi connectivity index (χ1v) is 6.03. The van der Waals surface area contributed by atoms with Gasteiger partial charge in [0.2, 0.25) is 0 Å². The van der Waals surface area contributed by atoms with Gasteiger partial charge in [0, 0.05) is 4.47 Å². The van der Waals surface area contributed by atoms with Crippen LogP contribution in [0.2, 0.25) is 0 Å². The molecule has 2 aromatic carbocycles. The number of halogens is 1. The van der Waals surface area contributed by atoms with Gasteiger partial charge in [0.1, 0.15) is 0 Å². The van der Waals surface area contributed by atoms with Crippen LogP contribution in [0, 0.1) is 0 Å². The van der Waals surface area contributed by atoms with Gasteiger partial charge in [-0.2, -0.15) is 0 Å². The van der Waals surface area contributed by atoms with Gasteiger partial charge < -0.3 is 0 Å². The summed E-state index contributed by atoms with van der Waals surface area (Å²) in [6.07, 6.45) is 2.83. The molecule has 1 heteroatoms. The number of rotatable bonds is 3. The Morgan fingerprint density at radius 1 is 1.00 bits per heavy atom. The van der Waals surface area contributed by atoms with E-state index in [1.807, 2.05) is 12.1 Å². The zero-order valence-electron chi connectivity index (χ0n) is 8.99. The summed E-state index contributed by atoms with van der Waals surface area (Å²) in [4.78, 5) is 0. The molecule has 0 saturated carbocycles. The summed E-state index contributed by atoms with van der Waals surface area (Å²) in [5, 5.41) is 0. The monoisotopic (exact) mass is 272 g/mol. The second-order valence-electron chi connectivity index (χ2n) is 3.75. The molecule has 0 heterocycles. The van der Waals surface area contributed by atoms with Crippen molar-refractivity contribution in [3.05, 3.63) is 76.3 Å². The third kappa shape index (κ3) is 2.83. The van der Waals surface area contributed by atoms with Crippen molar-refractivity contribution in [1.29, 1.82) is 0 Å². The predicted molar refractivity (Wildman–Crippen MR) is 73.5 cm³/mol. The molecule has 2 aromatic rings. The molecule has 0 N–H and O–H groups in total. The van der Waals surface area contributed by atoms with E-state index in [-0.39, 0.29) is 0 Å². The van der Waals surface area contributed by atoms with E-state index in [9.17, 15) is 0 Å². The summed E-state index contributed by atoms with van der Waals surface area (Å²) in [5.41, 5.74) is 3.81. The van der Waals surface area contributed by atoms with Gasteiger partial charge in [-0.3, -0.25) is 0 Å². The molecule has 0 unspecified atom stereocenters. The Morgan fingerprint density at radius 2 is 1.75 bits per heavy atom. The standard InChI is InChI=1S/C15H13Br/c1-2-12-6-8-13(9-7-12)10-14-4-3-5-15(16)11-14/h2-9,11H,1,10H2. The van der Waals surface area contributed by atoms with Crippen LogP contribution in [0.1, 0.15) is 16.7 Å². The Morgan fingerprint density at radius 3 is 2.38 bits per heavy atom. The molecule has 0 nitrogen and oxygen atoms in total. The summed E-state index contributed by atoms with van der Waals surface area (Å²) in [6, 6.07) is 16.9. The molecule has 0 radical (unpaired) electrons. The second-order valence-corrected chi connectivity index (χ2v) is 4.67. The van der Waals surface area contributed by atoms with Crippen molar-refractivity contribution in [2.24, 2.45) is 0 Å². The molecule has 0 saturated heterocycles. The molecule has 0 aliphatic rings. The number of hydrogen-bond donors (Lipinski definition) is 0. The van der Waals surface area contributed by atoms with Crippen LogP contribution in [0.15, 0.2) is 59.6 Å². The van der Waals surface area contributed by atoms with Gasteiger partial charge in [0.25, 0.3) is 0 Å². The van der Waals surface area contributed by atoms with E-state index in [0.717, 1.165) is 16.5 Å². The molecular weight excluding hydrogens is 260 g/mol. The highest BCUT2D eigenvalue weighted by atomic mass is 79.9.